The van der Waals surface area contributed by atoms with Gasteiger partial charge in [-0.25, -0.2) is 0 Å². The molecule has 0 aliphatic heterocycles. The van der Waals surface area contributed by atoms with Gasteiger partial charge in [0.1, 0.15) is 0 Å². The van der Waals surface area contributed by atoms with E-state index in [4.69, 9.17) is 5.73 Å². The van der Waals surface area contributed by atoms with Crippen molar-refractivity contribution < 1.29 is 0 Å². The zero-order chi connectivity index (χ0) is 7.11. The first kappa shape index (κ1) is 8.48. The molecule has 0 aliphatic carbocycles. The fourth-order valence-corrected chi connectivity index (χ4v) is 0.786. The van der Waals surface area contributed by atoms with Gasteiger partial charge in [-0.15, -0.1) is 5.73 Å². The summed E-state index contributed by atoms with van der Waals surface area (Å²) in [5.41, 5.74) is 8.14. The topological polar surface area (TPSA) is 26.0 Å². The van der Waals surface area contributed by atoms with E-state index in [-0.39, 0.29) is 0 Å². The molecule has 9 heavy (non-hydrogen) atoms. The molecule has 0 aromatic heterocycles. The maximum absolute atomic E-state index is 5.37. The molecule has 0 aliphatic rings. The second kappa shape index (κ2) is 5.61. The molecule has 0 saturated heterocycles. The van der Waals surface area contributed by atoms with Gasteiger partial charge in [0, 0.05) is 0 Å². The van der Waals surface area contributed by atoms with Gasteiger partial charge in [0.15, 0.2) is 0 Å². The van der Waals surface area contributed by atoms with Crippen molar-refractivity contribution in [1.29, 1.82) is 0 Å². The largest absolute Gasteiger partial charge is 0.330 e. The smallest absolute Gasteiger partial charge is 0.00714 e. The quantitative estimate of drug-likeness (QED) is 0.569. The van der Waals surface area contributed by atoms with Crippen molar-refractivity contribution >= 4 is 0 Å². The lowest BCUT2D eigenvalue weighted by molar-refractivity contribution is 0.581. The molecule has 52 valence electrons. The van der Waals surface area contributed by atoms with Gasteiger partial charge in [-0.3, -0.25) is 0 Å². The highest BCUT2D eigenvalue weighted by atomic mass is 14.5. The molecule has 0 aromatic rings. The number of rotatable bonds is 4. The van der Waals surface area contributed by atoms with Crippen molar-refractivity contribution in [3.05, 3.63) is 18.4 Å². The van der Waals surface area contributed by atoms with Gasteiger partial charge in [-0.2, -0.15) is 0 Å². The highest BCUT2D eigenvalue weighted by molar-refractivity contribution is 4.83. The van der Waals surface area contributed by atoms with Crippen LogP contribution in [0.15, 0.2) is 18.4 Å². The van der Waals surface area contributed by atoms with Gasteiger partial charge in [0.25, 0.3) is 0 Å². The van der Waals surface area contributed by atoms with Crippen LogP contribution in [0.1, 0.15) is 19.8 Å². The lowest BCUT2D eigenvalue weighted by Crippen LogP contribution is -2.05. The Morgan fingerprint density at radius 3 is 2.78 bits per heavy atom. The molecule has 0 aromatic carbocycles. The van der Waals surface area contributed by atoms with Gasteiger partial charge in [0.05, 0.1) is 0 Å². The summed E-state index contributed by atoms with van der Waals surface area (Å²) in [6, 6.07) is 0. The molecule has 0 fully saturated rings. The lowest BCUT2D eigenvalue weighted by atomic mass is 10.0. The van der Waals surface area contributed by atoms with Crippen LogP contribution in [0.3, 0.4) is 0 Å². The van der Waals surface area contributed by atoms with Crippen LogP contribution < -0.4 is 5.73 Å². The third kappa shape index (κ3) is 4.01. The van der Waals surface area contributed by atoms with E-state index in [1.54, 1.807) is 0 Å². The maximum Gasteiger partial charge on any atom is -0.00714 e. The normalized spacial score (nSPS) is 12.2. The first-order valence-corrected chi connectivity index (χ1v) is 3.41. The molecule has 0 rings (SSSR count). The van der Waals surface area contributed by atoms with E-state index in [1.807, 2.05) is 6.08 Å². The Hall–Kier alpha value is -0.520. The van der Waals surface area contributed by atoms with E-state index >= 15 is 0 Å². The van der Waals surface area contributed by atoms with Gasteiger partial charge in [0.2, 0.25) is 0 Å². The molecule has 0 saturated carbocycles. The average molecular weight is 125 g/mol. The third-order valence-corrected chi connectivity index (χ3v) is 1.42. The minimum atomic E-state index is 0.590. The number of hydrogen-bond acceptors (Lipinski definition) is 1. The minimum Gasteiger partial charge on any atom is -0.330 e. The van der Waals surface area contributed by atoms with Crippen LogP contribution in [0.25, 0.3) is 0 Å². The maximum atomic E-state index is 5.37. The van der Waals surface area contributed by atoms with Crippen LogP contribution in [0, 0.1) is 5.92 Å². The Morgan fingerprint density at radius 2 is 2.44 bits per heavy atom. The summed E-state index contributed by atoms with van der Waals surface area (Å²) in [5.74, 6) is 0.590. The summed E-state index contributed by atoms with van der Waals surface area (Å²) < 4.78 is 0. The molecule has 0 spiro atoms. The van der Waals surface area contributed by atoms with Crippen LogP contribution in [0.5, 0.6) is 0 Å². The van der Waals surface area contributed by atoms with Crippen molar-refractivity contribution in [3.63, 3.8) is 0 Å². The van der Waals surface area contributed by atoms with Crippen LogP contribution >= 0.6 is 0 Å². The fraction of sp³-hybridized carbons (Fsp3) is 0.625. The highest BCUT2D eigenvalue weighted by Gasteiger charge is 1.97. The first-order chi connectivity index (χ1) is 4.35. The number of allylic oxidation sites excluding steroid dienone is 1. The number of hydrogen-bond donors (Lipinski definition) is 1. The predicted octanol–water partition coefficient (Wildman–Crippen LogP) is 1.70. The molecular formula is C8H15N. The first-order valence-electron chi connectivity index (χ1n) is 3.41. The Bertz CT molecular complexity index is 101. The van der Waals surface area contributed by atoms with Crippen LogP contribution in [0.2, 0.25) is 0 Å². The molecule has 1 unspecified atom stereocenters. The SMILES string of the molecule is C=C=CC(CC)CCN. The summed E-state index contributed by atoms with van der Waals surface area (Å²) in [5, 5.41) is 0. The summed E-state index contributed by atoms with van der Waals surface area (Å²) in [6.45, 7) is 6.42. The standard InChI is InChI=1S/C8H15N/c1-3-5-8(4-2)6-7-9/h5,8H,1,4,6-7,9H2,2H3. The monoisotopic (exact) mass is 125 g/mol. The molecular weight excluding hydrogens is 110 g/mol. The Balaban J connectivity index is 3.53. The van der Waals surface area contributed by atoms with Gasteiger partial charge in [-0.1, -0.05) is 13.5 Å². The van der Waals surface area contributed by atoms with Crippen molar-refractivity contribution in [1.82, 2.24) is 0 Å². The van der Waals surface area contributed by atoms with Crippen molar-refractivity contribution in [2.24, 2.45) is 11.7 Å². The molecule has 1 atom stereocenters. The lowest BCUT2D eigenvalue weighted by Gasteiger charge is -2.04. The second-order valence-electron chi connectivity index (χ2n) is 2.12. The van der Waals surface area contributed by atoms with E-state index in [1.165, 1.54) is 0 Å². The Labute approximate surface area is 57.3 Å². The van der Waals surface area contributed by atoms with E-state index in [0.29, 0.717) is 5.92 Å². The van der Waals surface area contributed by atoms with E-state index in [9.17, 15) is 0 Å². The fourth-order valence-electron chi connectivity index (χ4n) is 0.786. The van der Waals surface area contributed by atoms with E-state index in [2.05, 4.69) is 19.2 Å². The summed E-state index contributed by atoms with van der Waals surface area (Å²) in [4.78, 5) is 0. The molecule has 0 amide bonds. The molecule has 0 heterocycles. The molecule has 1 nitrogen and oxygen atoms in total. The minimum absolute atomic E-state index is 0.590. The highest BCUT2D eigenvalue weighted by Crippen LogP contribution is 2.06. The van der Waals surface area contributed by atoms with Crippen LogP contribution in [0.4, 0.5) is 0 Å². The Kier molecular flexibility index (Phi) is 5.29. The summed E-state index contributed by atoms with van der Waals surface area (Å²) in [7, 11) is 0. The second-order valence-corrected chi connectivity index (χ2v) is 2.12. The molecule has 0 bridgehead atoms. The van der Waals surface area contributed by atoms with Gasteiger partial charge < -0.3 is 5.73 Å². The van der Waals surface area contributed by atoms with E-state index < -0.39 is 0 Å². The van der Waals surface area contributed by atoms with Crippen molar-refractivity contribution in [2.45, 2.75) is 19.8 Å². The summed E-state index contributed by atoms with van der Waals surface area (Å²) in [6.07, 6.45) is 4.19. The van der Waals surface area contributed by atoms with Gasteiger partial charge in [-0.05, 0) is 31.4 Å². The zero-order valence-corrected chi connectivity index (χ0v) is 6.06. The number of nitrogens with two attached hydrogens (primary N) is 1. The third-order valence-electron chi connectivity index (χ3n) is 1.42. The predicted molar refractivity (Wildman–Crippen MR) is 41.2 cm³/mol. The van der Waals surface area contributed by atoms with Crippen LogP contribution in [-0.2, 0) is 0 Å². The zero-order valence-electron chi connectivity index (χ0n) is 6.06. The van der Waals surface area contributed by atoms with Crippen molar-refractivity contribution in [3.8, 4) is 0 Å². The van der Waals surface area contributed by atoms with Crippen LogP contribution in [-0.4, -0.2) is 6.54 Å². The average Bonchev–Trinajstić information content (AvgIpc) is 1.88. The van der Waals surface area contributed by atoms with E-state index in [0.717, 1.165) is 19.4 Å². The Morgan fingerprint density at radius 1 is 1.78 bits per heavy atom. The molecule has 1 heteroatoms. The molecule has 2 N–H and O–H groups in total. The molecule has 0 radical (unpaired) electrons. The van der Waals surface area contributed by atoms with Crippen molar-refractivity contribution in [2.75, 3.05) is 6.54 Å². The van der Waals surface area contributed by atoms with Gasteiger partial charge >= 0.3 is 0 Å². The summed E-state index contributed by atoms with van der Waals surface area (Å²) >= 11 is 0.